The van der Waals surface area contributed by atoms with E-state index in [2.05, 4.69) is 0 Å². The number of rotatable bonds is 5. The lowest BCUT2D eigenvalue weighted by Gasteiger charge is -2.49. The normalized spacial score (nSPS) is 32.4. The number of fused-ring (bicyclic) bond motifs is 1. The lowest BCUT2D eigenvalue weighted by Crippen LogP contribution is -2.67. The standard InChI is InChI=1S/C22H25NO5/c1-22-17(13-27-12-15-8-4-2-5-9-15)19(24)20(25)21(26)23(22)18(14-28-22)16-10-6-3-7-11-16/h2-11,17-20,24-25H,12-14H2,1H3/t17-,18-,19-,20-,22-/m0/s1. The third-order valence-corrected chi connectivity index (χ3v) is 5.83. The minimum atomic E-state index is -1.49. The number of amides is 1. The van der Waals surface area contributed by atoms with Gasteiger partial charge in [-0.25, -0.2) is 0 Å². The van der Waals surface area contributed by atoms with Gasteiger partial charge in [0.2, 0.25) is 0 Å². The Morgan fingerprint density at radius 2 is 1.75 bits per heavy atom. The van der Waals surface area contributed by atoms with Crippen LogP contribution in [0.4, 0.5) is 0 Å². The summed E-state index contributed by atoms with van der Waals surface area (Å²) in [5.41, 5.74) is 0.903. The number of hydrogen-bond donors (Lipinski definition) is 2. The molecule has 6 heteroatoms. The van der Waals surface area contributed by atoms with Crippen LogP contribution < -0.4 is 0 Å². The number of nitrogens with zero attached hydrogens (tertiary/aromatic N) is 1. The van der Waals surface area contributed by atoms with E-state index in [9.17, 15) is 15.0 Å². The lowest BCUT2D eigenvalue weighted by atomic mass is 9.82. The minimum Gasteiger partial charge on any atom is -0.389 e. The number of piperidine rings is 1. The van der Waals surface area contributed by atoms with Crippen LogP contribution in [-0.2, 0) is 20.9 Å². The van der Waals surface area contributed by atoms with Crippen LogP contribution in [0, 0.1) is 5.92 Å². The zero-order chi connectivity index (χ0) is 19.7. The van der Waals surface area contributed by atoms with Gasteiger partial charge in [0.05, 0.1) is 37.9 Å². The van der Waals surface area contributed by atoms with Crippen LogP contribution in [0.3, 0.4) is 0 Å². The molecule has 28 heavy (non-hydrogen) atoms. The van der Waals surface area contributed by atoms with Crippen LogP contribution in [0.25, 0.3) is 0 Å². The maximum Gasteiger partial charge on any atom is 0.256 e. The molecule has 2 N–H and O–H groups in total. The summed E-state index contributed by atoms with van der Waals surface area (Å²) >= 11 is 0. The Labute approximate surface area is 164 Å². The molecule has 5 atom stereocenters. The third-order valence-electron chi connectivity index (χ3n) is 5.83. The molecule has 1 amide bonds. The predicted octanol–water partition coefficient (Wildman–Crippen LogP) is 1.87. The van der Waals surface area contributed by atoms with Crippen molar-refractivity contribution in [2.24, 2.45) is 5.92 Å². The molecule has 0 radical (unpaired) electrons. The van der Waals surface area contributed by atoms with Gasteiger partial charge in [-0.3, -0.25) is 4.79 Å². The lowest BCUT2D eigenvalue weighted by molar-refractivity contribution is -0.220. The molecule has 0 spiro atoms. The summed E-state index contributed by atoms with van der Waals surface area (Å²) in [5.74, 6) is -1.08. The summed E-state index contributed by atoms with van der Waals surface area (Å²) in [6.45, 7) is 2.64. The van der Waals surface area contributed by atoms with E-state index in [1.54, 1.807) is 11.8 Å². The molecule has 148 valence electrons. The van der Waals surface area contributed by atoms with E-state index >= 15 is 0 Å². The first-order valence-corrected chi connectivity index (χ1v) is 9.52. The molecule has 2 aliphatic rings. The number of aliphatic hydroxyl groups is 2. The van der Waals surface area contributed by atoms with E-state index in [-0.39, 0.29) is 12.6 Å². The van der Waals surface area contributed by atoms with E-state index in [4.69, 9.17) is 9.47 Å². The van der Waals surface area contributed by atoms with Gasteiger partial charge in [0.15, 0.2) is 6.10 Å². The summed E-state index contributed by atoms with van der Waals surface area (Å²) in [4.78, 5) is 14.4. The highest BCUT2D eigenvalue weighted by molar-refractivity contribution is 5.84. The van der Waals surface area contributed by atoms with Gasteiger partial charge in [0.25, 0.3) is 5.91 Å². The zero-order valence-corrected chi connectivity index (χ0v) is 15.8. The van der Waals surface area contributed by atoms with Crippen molar-refractivity contribution in [2.45, 2.75) is 37.5 Å². The summed E-state index contributed by atoms with van der Waals surface area (Å²) in [5, 5.41) is 21.0. The molecular weight excluding hydrogens is 358 g/mol. The molecule has 0 saturated carbocycles. The molecule has 0 bridgehead atoms. The van der Waals surface area contributed by atoms with Crippen LogP contribution in [0.15, 0.2) is 60.7 Å². The molecule has 2 saturated heterocycles. The summed E-state index contributed by atoms with van der Waals surface area (Å²) < 4.78 is 11.9. The van der Waals surface area contributed by atoms with Gasteiger partial charge in [-0.05, 0) is 18.1 Å². The highest BCUT2D eigenvalue weighted by Crippen LogP contribution is 2.46. The molecule has 4 rings (SSSR count). The van der Waals surface area contributed by atoms with Gasteiger partial charge in [-0.1, -0.05) is 60.7 Å². The molecule has 2 aliphatic heterocycles. The number of ether oxygens (including phenoxy) is 2. The van der Waals surface area contributed by atoms with Gasteiger partial charge in [0.1, 0.15) is 5.72 Å². The van der Waals surface area contributed by atoms with Crippen LogP contribution in [0.1, 0.15) is 24.1 Å². The molecule has 0 aliphatic carbocycles. The fourth-order valence-corrected chi connectivity index (χ4v) is 4.24. The first kappa shape index (κ1) is 19.1. The van der Waals surface area contributed by atoms with Crippen LogP contribution in [-0.4, -0.2) is 52.2 Å². The molecule has 2 heterocycles. The van der Waals surface area contributed by atoms with Gasteiger partial charge >= 0.3 is 0 Å². The van der Waals surface area contributed by atoms with E-state index < -0.39 is 29.8 Å². The van der Waals surface area contributed by atoms with Crippen molar-refractivity contribution >= 4 is 5.91 Å². The Bertz CT molecular complexity index is 814. The second-order valence-electron chi connectivity index (χ2n) is 7.54. The highest BCUT2D eigenvalue weighted by atomic mass is 16.5. The average Bonchev–Trinajstić information content (AvgIpc) is 3.09. The highest BCUT2D eigenvalue weighted by Gasteiger charge is 2.60. The predicted molar refractivity (Wildman–Crippen MR) is 102 cm³/mol. The molecule has 2 aromatic carbocycles. The fourth-order valence-electron chi connectivity index (χ4n) is 4.24. The monoisotopic (exact) mass is 383 g/mol. The summed E-state index contributed by atoms with van der Waals surface area (Å²) in [7, 11) is 0. The molecular formula is C22H25NO5. The van der Waals surface area contributed by atoms with Crippen LogP contribution in [0.5, 0.6) is 0 Å². The van der Waals surface area contributed by atoms with Crippen molar-refractivity contribution in [1.82, 2.24) is 4.90 Å². The van der Waals surface area contributed by atoms with Gasteiger partial charge < -0.3 is 24.6 Å². The van der Waals surface area contributed by atoms with Gasteiger partial charge in [-0.2, -0.15) is 0 Å². The first-order chi connectivity index (χ1) is 13.5. The molecule has 0 aromatic heterocycles. The van der Waals surface area contributed by atoms with Crippen molar-refractivity contribution in [3.05, 3.63) is 71.8 Å². The third kappa shape index (κ3) is 3.22. The Balaban J connectivity index is 1.56. The minimum absolute atomic E-state index is 0.162. The van der Waals surface area contributed by atoms with E-state index in [0.29, 0.717) is 13.2 Å². The van der Waals surface area contributed by atoms with Gasteiger partial charge in [-0.15, -0.1) is 0 Å². The average molecular weight is 383 g/mol. The quantitative estimate of drug-likeness (QED) is 0.824. The second-order valence-corrected chi connectivity index (χ2v) is 7.54. The van der Waals surface area contributed by atoms with Crippen LogP contribution in [0.2, 0.25) is 0 Å². The number of aliphatic hydroxyl groups excluding tert-OH is 2. The molecule has 6 nitrogen and oxygen atoms in total. The van der Waals surface area contributed by atoms with Crippen molar-refractivity contribution in [1.29, 1.82) is 0 Å². The van der Waals surface area contributed by atoms with Gasteiger partial charge in [0, 0.05) is 0 Å². The summed E-state index contributed by atoms with van der Waals surface area (Å²) in [6.07, 6.45) is -2.75. The topological polar surface area (TPSA) is 79.2 Å². The number of benzene rings is 2. The van der Waals surface area contributed by atoms with Crippen molar-refractivity contribution in [3.63, 3.8) is 0 Å². The van der Waals surface area contributed by atoms with E-state index in [0.717, 1.165) is 11.1 Å². The largest absolute Gasteiger partial charge is 0.389 e. The van der Waals surface area contributed by atoms with E-state index in [1.807, 2.05) is 60.7 Å². The Morgan fingerprint density at radius 3 is 2.43 bits per heavy atom. The van der Waals surface area contributed by atoms with Crippen molar-refractivity contribution < 1.29 is 24.5 Å². The number of carbonyl (C=O) groups is 1. The maximum atomic E-state index is 12.8. The van der Waals surface area contributed by atoms with Crippen LogP contribution >= 0.6 is 0 Å². The summed E-state index contributed by atoms with van der Waals surface area (Å²) in [6, 6.07) is 19.0. The number of hydrogen-bond acceptors (Lipinski definition) is 5. The SMILES string of the molecule is C[C@@]12OC[C@@H](c3ccccc3)N1C(=O)[C@@H](O)[C@@H](O)[C@@H]2COCc1ccccc1. The molecule has 0 unspecified atom stereocenters. The fraction of sp³-hybridized carbons (Fsp3) is 0.409. The first-order valence-electron chi connectivity index (χ1n) is 9.52. The Morgan fingerprint density at radius 1 is 1.11 bits per heavy atom. The molecule has 2 aromatic rings. The molecule has 2 fully saturated rings. The maximum absolute atomic E-state index is 12.8. The number of carbonyl (C=O) groups excluding carboxylic acids is 1. The second kappa shape index (κ2) is 7.64. The van der Waals surface area contributed by atoms with E-state index in [1.165, 1.54) is 0 Å². The Hall–Kier alpha value is -2.25. The Kier molecular flexibility index (Phi) is 5.21. The van der Waals surface area contributed by atoms with Crippen molar-refractivity contribution in [3.8, 4) is 0 Å². The zero-order valence-electron chi connectivity index (χ0n) is 15.8. The smallest absolute Gasteiger partial charge is 0.256 e. The van der Waals surface area contributed by atoms with Crippen molar-refractivity contribution in [2.75, 3.05) is 13.2 Å².